The van der Waals surface area contributed by atoms with Crippen LogP contribution in [0.5, 0.6) is 0 Å². The Labute approximate surface area is 101 Å². The van der Waals surface area contributed by atoms with Gasteiger partial charge in [-0.1, -0.05) is 25.5 Å². The zero-order valence-corrected chi connectivity index (χ0v) is 10.6. The number of hydrogen-bond acceptors (Lipinski definition) is 3. The Bertz CT molecular complexity index is 443. The van der Waals surface area contributed by atoms with Crippen molar-refractivity contribution in [3.05, 3.63) is 18.0 Å². The van der Waals surface area contributed by atoms with Crippen molar-refractivity contribution < 1.29 is 4.79 Å². The lowest BCUT2D eigenvalue weighted by Crippen LogP contribution is -2.17. The number of amides is 1. The average Bonchev–Trinajstić information content (AvgIpc) is 2.64. The van der Waals surface area contributed by atoms with Crippen molar-refractivity contribution in [2.75, 3.05) is 5.32 Å². The topological polar surface area (TPSA) is 70.7 Å². The first-order chi connectivity index (χ1) is 7.93. The van der Waals surface area contributed by atoms with Crippen LogP contribution in [-0.4, -0.2) is 21.1 Å². The zero-order valence-electron chi connectivity index (χ0n) is 10.6. The van der Waals surface area contributed by atoms with Gasteiger partial charge in [-0.15, -0.1) is 0 Å². The number of H-pyrrole nitrogens is 1. The minimum atomic E-state index is 0.00856. The molecule has 1 aromatic rings. The smallest absolute Gasteiger partial charge is 0.231 e. The van der Waals surface area contributed by atoms with E-state index in [-0.39, 0.29) is 17.2 Å². The number of rotatable bonds is 3. The monoisotopic (exact) mass is 234 g/mol. The summed E-state index contributed by atoms with van der Waals surface area (Å²) in [5, 5.41) is 9.07. The molecule has 92 valence electrons. The van der Waals surface area contributed by atoms with E-state index in [2.05, 4.69) is 54.3 Å². The Balaban J connectivity index is 2.04. The van der Waals surface area contributed by atoms with E-state index >= 15 is 0 Å². The zero-order chi connectivity index (χ0) is 12.6. The molecule has 0 bridgehead atoms. The van der Waals surface area contributed by atoms with Gasteiger partial charge in [-0.05, 0) is 25.2 Å². The van der Waals surface area contributed by atoms with E-state index in [1.807, 2.05) is 0 Å². The Hall–Kier alpha value is -1.65. The normalized spacial score (nSPS) is 25.2. The van der Waals surface area contributed by atoms with Gasteiger partial charge in [0.1, 0.15) is 6.33 Å². The molecular weight excluding hydrogens is 216 g/mol. The predicted molar refractivity (Wildman–Crippen MR) is 65.2 cm³/mol. The van der Waals surface area contributed by atoms with Gasteiger partial charge in [-0.2, -0.15) is 10.1 Å². The van der Waals surface area contributed by atoms with Crippen molar-refractivity contribution in [2.45, 2.75) is 27.7 Å². The molecule has 0 spiro atoms. The first kappa shape index (κ1) is 11.8. The molecule has 2 rings (SSSR count). The maximum atomic E-state index is 12.1. The van der Waals surface area contributed by atoms with Crippen LogP contribution in [0.4, 0.5) is 5.95 Å². The summed E-state index contributed by atoms with van der Waals surface area (Å²) in [4.78, 5) is 15.9. The Morgan fingerprint density at radius 1 is 1.53 bits per heavy atom. The molecule has 0 unspecified atom stereocenters. The van der Waals surface area contributed by atoms with Crippen LogP contribution in [-0.2, 0) is 4.79 Å². The van der Waals surface area contributed by atoms with Crippen LogP contribution in [0.25, 0.3) is 0 Å². The van der Waals surface area contributed by atoms with E-state index in [9.17, 15) is 4.79 Å². The number of nitrogens with one attached hydrogen (secondary N) is 2. The lowest BCUT2D eigenvalue weighted by atomic mass is 10.1. The predicted octanol–water partition coefficient (Wildman–Crippen LogP) is 1.98. The van der Waals surface area contributed by atoms with Gasteiger partial charge in [0.05, 0.1) is 5.92 Å². The number of aromatic nitrogens is 3. The minimum Gasteiger partial charge on any atom is -0.295 e. The Kier molecular flexibility index (Phi) is 2.77. The van der Waals surface area contributed by atoms with Gasteiger partial charge in [0, 0.05) is 0 Å². The second kappa shape index (κ2) is 3.98. The van der Waals surface area contributed by atoms with Crippen LogP contribution in [0.3, 0.4) is 0 Å². The summed E-state index contributed by atoms with van der Waals surface area (Å²) in [6.07, 6.45) is 3.55. The van der Waals surface area contributed by atoms with Crippen LogP contribution in [0.1, 0.15) is 27.7 Å². The lowest BCUT2D eigenvalue weighted by Gasteiger charge is -2.01. The first-order valence-corrected chi connectivity index (χ1v) is 5.74. The summed E-state index contributed by atoms with van der Waals surface area (Å²) in [5.74, 6) is 0.751. The molecule has 5 heteroatoms. The molecule has 1 heterocycles. The summed E-state index contributed by atoms with van der Waals surface area (Å²) in [5.41, 5.74) is 1.28. The molecule has 0 aromatic carbocycles. The van der Waals surface area contributed by atoms with E-state index in [0.717, 1.165) is 0 Å². The van der Waals surface area contributed by atoms with Gasteiger partial charge in [0.2, 0.25) is 11.9 Å². The number of anilines is 1. The van der Waals surface area contributed by atoms with Crippen molar-refractivity contribution in [3.8, 4) is 0 Å². The van der Waals surface area contributed by atoms with E-state index in [1.54, 1.807) is 0 Å². The second-order valence-electron chi connectivity index (χ2n) is 5.39. The van der Waals surface area contributed by atoms with Crippen molar-refractivity contribution >= 4 is 11.9 Å². The molecule has 1 aliphatic carbocycles. The van der Waals surface area contributed by atoms with Crippen LogP contribution >= 0.6 is 0 Å². The number of carbonyl (C=O) groups is 1. The molecule has 17 heavy (non-hydrogen) atoms. The standard InChI is InChI=1S/C12H18N4O/c1-7(2)5-8-9(12(8,3)4)10(17)15-11-13-6-14-16-11/h5-6,8-9H,1-4H3,(H2,13,14,15,16,17)/t8-,9-/m1/s1. The quantitative estimate of drug-likeness (QED) is 0.786. The van der Waals surface area contributed by atoms with Gasteiger partial charge in [-0.25, -0.2) is 5.10 Å². The molecule has 0 aliphatic heterocycles. The summed E-state index contributed by atoms with van der Waals surface area (Å²) >= 11 is 0. The highest BCUT2D eigenvalue weighted by atomic mass is 16.2. The van der Waals surface area contributed by atoms with E-state index < -0.39 is 0 Å². The molecule has 1 aromatic heterocycles. The van der Waals surface area contributed by atoms with Crippen LogP contribution in [0.15, 0.2) is 18.0 Å². The molecule has 1 saturated carbocycles. The number of nitrogens with zero attached hydrogens (tertiary/aromatic N) is 2. The maximum absolute atomic E-state index is 12.1. The molecule has 2 atom stereocenters. The molecule has 1 amide bonds. The van der Waals surface area contributed by atoms with E-state index in [1.165, 1.54) is 11.9 Å². The summed E-state index contributed by atoms with van der Waals surface area (Å²) in [6.45, 7) is 8.34. The number of carbonyl (C=O) groups excluding carboxylic acids is 1. The van der Waals surface area contributed by atoms with Crippen LogP contribution in [0.2, 0.25) is 0 Å². The summed E-state index contributed by atoms with van der Waals surface area (Å²) < 4.78 is 0. The minimum absolute atomic E-state index is 0.00856. The Morgan fingerprint density at radius 2 is 2.24 bits per heavy atom. The fourth-order valence-electron chi connectivity index (χ4n) is 2.31. The third-order valence-corrected chi connectivity index (χ3v) is 3.36. The van der Waals surface area contributed by atoms with Crippen molar-refractivity contribution in [1.82, 2.24) is 15.2 Å². The van der Waals surface area contributed by atoms with Crippen molar-refractivity contribution in [2.24, 2.45) is 17.3 Å². The lowest BCUT2D eigenvalue weighted by molar-refractivity contribution is -0.118. The number of hydrogen-bond donors (Lipinski definition) is 2. The second-order valence-corrected chi connectivity index (χ2v) is 5.39. The summed E-state index contributed by atoms with van der Waals surface area (Å²) in [7, 11) is 0. The van der Waals surface area contributed by atoms with Gasteiger partial charge < -0.3 is 0 Å². The SMILES string of the molecule is CC(C)=C[C@@H]1[C@H](C(=O)Nc2ncn[nH]2)C1(C)C. The van der Waals surface area contributed by atoms with Gasteiger partial charge in [0.15, 0.2) is 0 Å². The molecule has 1 aliphatic rings. The number of aromatic amines is 1. The van der Waals surface area contributed by atoms with E-state index in [0.29, 0.717) is 11.9 Å². The van der Waals surface area contributed by atoms with Gasteiger partial charge in [0.25, 0.3) is 0 Å². The highest BCUT2D eigenvalue weighted by Crippen LogP contribution is 2.59. The van der Waals surface area contributed by atoms with E-state index in [4.69, 9.17) is 0 Å². The fourth-order valence-corrected chi connectivity index (χ4v) is 2.31. The largest absolute Gasteiger partial charge is 0.295 e. The highest BCUT2D eigenvalue weighted by Gasteiger charge is 2.60. The number of allylic oxidation sites excluding steroid dienone is 2. The summed E-state index contributed by atoms with van der Waals surface area (Å²) in [6, 6.07) is 0. The molecule has 0 radical (unpaired) electrons. The van der Waals surface area contributed by atoms with Crippen LogP contribution in [0, 0.1) is 17.3 Å². The third kappa shape index (κ3) is 2.23. The highest BCUT2D eigenvalue weighted by molar-refractivity contribution is 5.94. The van der Waals surface area contributed by atoms with Gasteiger partial charge in [-0.3, -0.25) is 10.1 Å². The van der Waals surface area contributed by atoms with Crippen LogP contribution < -0.4 is 5.32 Å². The molecule has 0 saturated heterocycles. The molecule has 1 fully saturated rings. The fraction of sp³-hybridized carbons (Fsp3) is 0.583. The average molecular weight is 234 g/mol. The molecule has 2 N–H and O–H groups in total. The Morgan fingerprint density at radius 3 is 2.76 bits per heavy atom. The first-order valence-electron chi connectivity index (χ1n) is 5.74. The molecule has 5 nitrogen and oxygen atoms in total. The third-order valence-electron chi connectivity index (χ3n) is 3.36. The molecular formula is C12H18N4O. The maximum Gasteiger partial charge on any atom is 0.231 e. The van der Waals surface area contributed by atoms with Crippen molar-refractivity contribution in [1.29, 1.82) is 0 Å². The van der Waals surface area contributed by atoms with Gasteiger partial charge >= 0.3 is 0 Å². The van der Waals surface area contributed by atoms with Crippen molar-refractivity contribution in [3.63, 3.8) is 0 Å².